The maximum absolute atomic E-state index is 14.6. The van der Waals surface area contributed by atoms with E-state index in [1.165, 1.54) is 47.9 Å². The molecule has 37 heteroatoms. The van der Waals surface area contributed by atoms with Crippen LogP contribution in [0.3, 0.4) is 0 Å². The molecule has 106 heavy (non-hydrogen) atoms. The van der Waals surface area contributed by atoms with E-state index in [1.54, 1.807) is 30.3 Å². The molecule has 17 N–H and O–H groups in total. The Morgan fingerprint density at radius 2 is 1.17 bits per heavy atom. The lowest BCUT2D eigenvalue weighted by Gasteiger charge is -2.39. The van der Waals surface area contributed by atoms with Crippen molar-refractivity contribution in [3.05, 3.63) is 76.9 Å². The second-order valence-corrected chi connectivity index (χ2v) is 27.4. The number of thiocarbonyl (C=S) groups is 1. The highest BCUT2D eigenvalue weighted by molar-refractivity contribution is 7.80. The maximum Gasteiger partial charge on any atom is 0.340 e. The number of aliphatic hydroxyl groups is 1. The average molecular weight is 1500 g/mol. The van der Waals surface area contributed by atoms with Crippen molar-refractivity contribution in [3.8, 4) is 23.0 Å². The number of primary amides is 1. The molecule has 36 nitrogen and oxygen atoms in total. The van der Waals surface area contributed by atoms with Crippen molar-refractivity contribution >= 4 is 106 Å². The number of nitrogens with two attached hydrogens (primary N) is 2. The topological polar surface area (TPSA) is 537 Å². The summed E-state index contributed by atoms with van der Waals surface area (Å²) >= 11 is 5.62. The van der Waals surface area contributed by atoms with Crippen molar-refractivity contribution in [2.75, 3.05) is 38.0 Å². The number of likely N-dealkylation sites (tertiary alicyclic amines) is 4. The lowest BCUT2D eigenvalue weighted by molar-refractivity contribution is -0.151. The number of phenols is 2. The first-order valence-corrected chi connectivity index (χ1v) is 35.3. The molecule has 1 spiro atoms. The summed E-state index contributed by atoms with van der Waals surface area (Å²) < 4.78 is 12.2. The molecule has 0 bridgehead atoms. The van der Waals surface area contributed by atoms with Crippen LogP contribution in [-0.4, -0.2) is 238 Å². The number of aliphatic hydroxyl groups excluding tert-OH is 1. The van der Waals surface area contributed by atoms with Crippen molar-refractivity contribution in [2.45, 2.75) is 195 Å². The number of esters is 1. The number of unbranched alkanes of at least 4 members (excludes halogenated alkanes) is 1. The first-order chi connectivity index (χ1) is 50.4. The number of nitrogens with one attached hydrogen (secondary N) is 7. The van der Waals surface area contributed by atoms with Gasteiger partial charge in [-0.3, -0.25) is 67.2 Å². The molecule has 9 rings (SSSR count). The van der Waals surface area contributed by atoms with Crippen LogP contribution in [0, 0.1) is 0 Å². The van der Waals surface area contributed by atoms with E-state index >= 15 is 0 Å². The normalized spacial score (nSPS) is 20.6. The number of amides is 10. The van der Waals surface area contributed by atoms with Crippen LogP contribution in [0.1, 0.15) is 150 Å². The number of piperidine rings is 1. The SMILES string of the molecule is C[C@H](NC(=O)[C@@H](NC(=O)[C@@H]1CCCN1C(=O)[C@H](CCC(=O)O)NC(=O)[C@@H]1CCCN1C(=O)CCCCNC(=S)Nc1ccc2c(c1)C1(OC2=O)c2ccc(O)cc2Oc2cc(O)ccc21)[C@@H](C)O)C(=O)N1CCCCC1C(=O)N1C[C@@H](ON)C[C@H]1C(=O)N[C@@H](CCC(=O)O)C(=O)N[C@@H](CCC(=O)O)C(N)=O. The molecular formula is C69H87N13O23S. The zero-order chi connectivity index (χ0) is 77.0. The number of carbonyl (C=O) groups excluding carboxylic acids is 11. The zero-order valence-corrected chi connectivity index (χ0v) is 58.9. The largest absolute Gasteiger partial charge is 0.508 e. The number of carboxylic acid groups (broad SMARTS) is 3. The van der Waals surface area contributed by atoms with Gasteiger partial charge >= 0.3 is 23.9 Å². The monoisotopic (exact) mass is 1500 g/mol. The minimum Gasteiger partial charge on any atom is -0.508 e. The van der Waals surface area contributed by atoms with E-state index in [0.717, 1.165) is 9.80 Å². The Hall–Kier alpha value is -10.8. The van der Waals surface area contributed by atoms with E-state index in [9.17, 15) is 92.7 Å². The highest BCUT2D eigenvalue weighted by atomic mass is 32.1. The number of benzene rings is 3. The third-order valence-electron chi connectivity index (χ3n) is 19.6. The number of hydrogen-bond acceptors (Lipinski definition) is 22. The third-order valence-corrected chi connectivity index (χ3v) is 19.8. The van der Waals surface area contributed by atoms with Gasteiger partial charge < -0.3 is 103 Å². The molecule has 11 atom stereocenters. The Morgan fingerprint density at radius 1 is 0.613 bits per heavy atom. The molecule has 6 aliphatic rings. The van der Waals surface area contributed by atoms with Crippen LogP contribution in [-0.2, 0) is 77.5 Å². The van der Waals surface area contributed by atoms with E-state index in [1.807, 2.05) is 0 Å². The summed E-state index contributed by atoms with van der Waals surface area (Å²) in [6.07, 6.45) is -3.30. The standard InChI is InChI=1S/C69H87N13O23S/c1-34(64(99)81-26-6-4-9-49(81)66(101)82-33-39(105-71)32-50(82)62(97)76-45(20-23-55(89)90)59(94)75-44(58(70)93)19-22-54(87)88)73-63(98)57(35(2)83)78-61(96)48-11-8-28-80(48)65(100)46(21-24-56(91)92)77-60(95)47-10-7-27-79(47)53(86)12-3-5-25-72-68(106)74-36-13-16-40-43(29-36)69(104-67(40)102)41-17-14-37(84)30-51(41)103-52-31-38(85)15-18-42(52)69/h13-18,29-31,34-35,39,44-50,57,83-85H,3-12,19-28,32-33,71H2,1-2H3,(H2,70,93)(H,73,98)(H,75,94)(H,76,97)(H,77,95)(H,78,96)(H,87,88)(H,89,90)(H,91,92)(H2,72,74,106)/t34-,35+,39-,44-,45-,46-,47-,48-,49?,50-,57-/m0/s1. The number of fused-ring (bicyclic) bond motifs is 6. The van der Waals surface area contributed by atoms with Crippen LogP contribution < -0.4 is 53.6 Å². The summed E-state index contributed by atoms with van der Waals surface area (Å²) in [7, 11) is 0. The number of ether oxygens (including phenoxy) is 2. The minimum atomic E-state index is -1.75. The van der Waals surface area contributed by atoms with Crippen LogP contribution in [0.2, 0.25) is 0 Å². The minimum absolute atomic E-state index is 0.0133. The summed E-state index contributed by atoms with van der Waals surface area (Å²) in [6.45, 7) is 2.67. The molecule has 3 aromatic rings. The molecule has 572 valence electrons. The predicted molar refractivity (Wildman–Crippen MR) is 371 cm³/mol. The van der Waals surface area contributed by atoms with Gasteiger partial charge in [-0.1, -0.05) is 0 Å². The molecule has 1 unspecified atom stereocenters. The van der Waals surface area contributed by atoms with Crippen molar-refractivity contribution in [1.82, 2.24) is 51.5 Å². The highest BCUT2D eigenvalue weighted by Crippen LogP contribution is 2.57. The first kappa shape index (κ1) is 79.3. The van der Waals surface area contributed by atoms with E-state index in [2.05, 4.69) is 37.2 Å². The molecule has 3 aromatic carbocycles. The Morgan fingerprint density at radius 3 is 1.78 bits per heavy atom. The molecular weight excluding hydrogens is 1410 g/mol. The molecule has 0 saturated carbocycles. The molecule has 6 aliphatic heterocycles. The van der Waals surface area contributed by atoms with Gasteiger partial charge in [0.25, 0.3) is 0 Å². The predicted octanol–water partition coefficient (Wildman–Crippen LogP) is -0.750. The molecule has 6 heterocycles. The Kier molecular flexibility index (Phi) is 26.1. The molecule has 0 aliphatic carbocycles. The lowest BCUT2D eigenvalue weighted by Crippen LogP contribution is -2.62. The maximum atomic E-state index is 14.6. The molecule has 10 amide bonds. The van der Waals surface area contributed by atoms with Crippen molar-refractivity contribution < 1.29 is 112 Å². The van der Waals surface area contributed by atoms with Gasteiger partial charge in [0.05, 0.1) is 17.8 Å². The summed E-state index contributed by atoms with van der Waals surface area (Å²) in [4.78, 5) is 197. The van der Waals surface area contributed by atoms with Crippen molar-refractivity contribution in [1.29, 1.82) is 0 Å². The Balaban J connectivity index is 0.767. The van der Waals surface area contributed by atoms with Gasteiger partial charge in [-0.25, -0.2) is 10.7 Å². The fraction of sp³-hybridized carbons (Fsp3) is 0.522. The van der Waals surface area contributed by atoms with Gasteiger partial charge in [0.15, 0.2) is 10.7 Å². The molecule has 0 radical (unpaired) electrons. The zero-order valence-electron chi connectivity index (χ0n) is 58.1. The van der Waals surface area contributed by atoms with Crippen LogP contribution in [0.5, 0.6) is 23.0 Å². The summed E-state index contributed by atoms with van der Waals surface area (Å²) in [5.74, 6) is -7.39. The van der Waals surface area contributed by atoms with Gasteiger partial charge in [0, 0.05) is 99.3 Å². The van der Waals surface area contributed by atoms with Gasteiger partial charge in [-0.2, -0.15) is 0 Å². The quantitative estimate of drug-likeness (QED) is 0.0163. The first-order valence-electron chi connectivity index (χ1n) is 34.9. The second-order valence-electron chi connectivity index (χ2n) is 27.0. The fourth-order valence-corrected chi connectivity index (χ4v) is 14.5. The number of nitrogens with zero attached hydrogens (tertiary/aromatic N) is 4. The fourth-order valence-electron chi connectivity index (χ4n) is 14.3. The van der Waals surface area contributed by atoms with Gasteiger partial charge in [-0.15, -0.1) is 0 Å². The summed E-state index contributed by atoms with van der Waals surface area (Å²) in [6, 6.07) is 0.952. The molecule has 0 aromatic heterocycles. The van der Waals surface area contributed by atoms with E-state index in [-0.39, 0.29) is 104 Å². The number of aliphatic carboxylic acids is 3. The number of carbonyl (C=O) groups is 14. The van der Waals surface area contributed by atoms with Crippen LogP contribution in [0.15, 0.2) is 54.6 Å². The van der Waals surface area contributed by atoms with Crippen LogP contribution in [0.4, 0.5) is 5.69 Å². The third kappa shape index (κ3) is 18.5. The number of rotatable bonds is 31. The number of aromatic hydroxyl groups is 2. The summed E-state index contributed by atoms with van der Waals surface area (Å²) in [5.41, 5.74) is 5.95. The van der Waals surface area contributed by atoms with Crippen LogP contribution >= 0.6 is 12.2 Å². The number of anilines is 1. The van der Waals surface area contributed by atoms with E-state index in [4.69, 9.17) is 43.3 Å². The van der Waals surface area contributed by atoms with Crippen molar-refractivity contribution in [3.63, 3.8) is 0 Å². The van der Waals surface area contributed by atoms with Gasteiger partial charge in [0.1, 0.15) is 77.4 Å². The lowest BCUT2D eigenvalue weighted by atomic mass is 9.77. The molecule has 4 fully saturated rings. The van der Waals surface area contributed by atoms with Gasteiger partial charge in [-0.05, 0) is 146 Å². The van der Waals surface area contributed by atoms with E-state index in [0.29, 0.717) is 61.0 Å². The number of hydrogen-bond donors (Lipinski definition) is 15. The Bertz CT molecular complexity index is 3900. The van der Waals surface area contributed by atoms with E-state index < -0.39 is 188 Å². The average Bonchev–Trinajstić information content (AvgIpc) is 1.49. The number of phenolic OH excluding ortho intramolecular Hbond substituents is 2. The summed E-state index contributed by atoms with van der Waals surface area (Å²) in [5, 5.41) is 78.6. The van der Waals surface area contributed by atoms with Crippen molar-refractivity contribution in [2.24, 2.45) is 11.6 Å². The Labute approximate surface area is 611 Å². The smallest absolute Gasteiger partial charge is 0.340 e. The second kappa shape index (κ2) is 34.9. The number of carboxylic acids is 3. The van der Waals surface area contributed by atoms with Gasteiger partial charge in [0.2, 0.25) is 59.1 Å². The van der Waals surface area contributed by atoms with Crippen LogP contribution in [0.25, 0.3) is 0 Å². The highest BCUT2D eigenvalue weighted by Gasteiger charge is 2.54. The molecule has 4 saturated heterocycles.